The van der Waals surface area contributed by atoms with E-state index in [0.717, 1.165) is 22.9 Å². The molecule has 0 bridgehead atoms. The summed E-state index contributed by atoms with van der Waals surface area (Å²) in [5.74, 6) is 0.0251. The van der Waals surface area contributed by atoms with E-state index in [0.29, 0.717) is 18.9 Å². The molecule has 0 aromatic carbocycles. The molecule has 3 rings (SSSR count). The van der Waals surface area contributed by atoms with Crippen molar-refractivity contribution in [2.45, 2.75) is 35.4 Å². The minimum Gasteiger partial charge on any atom is -0.300 e. The Labute approximate surface area is 186 Å². The lowest BCUT2D eigenvalue weighted by molar-refractivity contribution is -0.114. The molecule has 0 aliphatic carbocycles. The molecule has 0 aliphatic rings. The molecule has 3 heterocycles. The second kappa shape index (κ2) is 10.9. The van der Waals surface area contributed by atoms with Gasteiger partial charge < -0.3 is 0 Å². The first-order valence-electron chi connectivity index (χ1n) is 8.39. The summed E-state index contributed by atoms with van der Waals surface area (Å²) < 4.78 is 1.32. The summed E-state index contributed by atoms with van der Waals surface area (Å²) in [5.41, 5.74) is 0. The van der Waals surface area contributed by atoms with Crippen molar-refractivity contribution in [1.29, 1.82) is 0 Å². The first kappa shape index (κ1) is 22.0. The fourth-order valence-electron chi connectivity index (χ4n) is 1.77. The Morgan fingerprint density at radius 3 is 1.55 bits per heavy atom. The number of carbonyl (C=O) groups is 2. The van der Waals surface area contributed by atoms with Crippen LogP contribution in [0, 0.1) is 0 Å². The number of thioether (sulfide) groups is 2. The molecule has 0 atom stereocenters. The van der Waals surface area contributed by atoms with E-state index in [4.69, 9.17) is 0 Å². The Kier molecular flexibility index (Phi) is 8.29. The quantitative estimate of drug-likeness (QED) is 0.410. The summed E-state index contributed by atoms with van der Waals surface area (Å²) in [5, 5.41) is 32.0. The van der Waals surface area contributed by atoms with Gasteiger partial charge in [0.1, 0.15) is 10.0 Å². The zero-order valence-electron chi connectivity index (χ0n) is 15.4. The van der Waals surface area contributed by atoms with Gasteiger partial charge in [0.15, 0.2) is 8.68 Å². The lowest BCUT2D eigenvalue weighted by atomic mass is 10.5. The topological polar surface area (TPSA) is 136 Å². The highest BCUT2D eigenvalue weighted by Crippen LogP contribution is 2.29. The van der Waals surface area contributed by atoms with E-state index in [1.54, 1.807) is 0 Å². The van der Waals surface area contributed by atoms with Gasteiger partial charge in [-0.2, -0.15) is 0 Å². The molecule has 0 spiro atoms. The number of carbonyl (C=O) groups excluding carboxylic acids is 2. The molecule has 2 N–H and O–H groups in total. The summed E-state index contributed by atoms with van der Waals surface area (Å²) in [7, 11) is 0. The van der Waals surface area contributed by atoms with Crippen LogP contribution in [0.15, 0.2) is 8.68 Å². The number of aromatic nitrogens is 6. The third-order valence-electron chi connectivity index (χ3n) is 3.07. The van der Waals surface area contributed by atoms with Crippen LogP contribution in [-0.2, 0) is 22.4 Å². The van der Waals surface area contributed by atoms with Gasteiger partial charge in [-0.15, -0.1) is 30.6 Å². The zero-order valence-corrected chi connectivity index (χ0v) is 19.5. The summed E-state index contributed by atoms with van der Waals surface area (Å²) in [6.07, 6.45) is 1.57. The first-order chi connectivity index (χ1) is 14.1. The molecule has 3 aromatic rings. The SMILES string of the molecule is CCc1nnc(NC(=O)CSc2nnc(SCC(=O)Nc3nnc(CC)s3)s2)s1. The van der Waals surface area contributed by atoms with Crippen LogP contribution in [0.5, 0.6) is 0 Å². The average molecular weight is 489 g/mol. The normalized spacial score (nSPS) is 10.8. The predicted molar refractivity (Wildman–Crippen MR) is 117 cm³/mol. The van der Waals surface area contributed by atoms with Crippen molar-refractivity contribution in [2.24, 2.45) is 0 Å². The van der Waals surface area contributed by atoms with E-state index in [1.807, 2.05) is 13.8 Å². The molecular weight excluding hydrogens is 473 g/mol. The highest BCUT2D eigenvalue weighted by molar-refractivity contribution is 8.03. The van der Waals surface area contributed by atoms with Crippen molar-refractivity contribution in [3.63, 3.8) is 0 Å². The molecule has 0 fully saturated rings. The summed E-state index contributed by atoms with van der Waals surface area (Å²) in [6.45, 7) is 3.96. The van der Waals surface area contributed by atoms with Gasteiger partial charge in [0.2, 0.25) is 22.1 Å². The maximum Gasteiger partial charge on any atom is 0.236 e. The number of hydrogen-bond acceptors (Lipinski definition) is 13. The molecule has 0 saturated heterocycles. The lowest BCUT2D eigenvalue weighted by Gasteiger charge is -1.98. The van der Waals surface area contributed by atoms with Gasteiger partial charge in [-0.25, -0.2) is 0 Å². The highest BCUT2D eigenvalue weighted by atomic mass is 32.2. The van der Waals surface area contributed by atoms with Crippen LogP contribution in [-0.4, -0.2) is 53.9 Å². The van der Waals surface area contributed by atoms with Gasteiger partial charge in [-0.3, -0.25) is 20.2 Å². The van der Waals surface area contributed by atoms with E-state index >= 15 is 0 Å². The van der Waals surface area contributed by atoms with Crippen LogP contribution in [0.2, 0.25) is 0 Å². The molecule has 0 aliphatic heterocycles. The van der Waals surface area contributed by atoms with E-state index < -0.39 is 0 Å². The molecule has 2 amide bonds. The molecule has 3 aromatic heterocycles. The van der Waals surface area contributed by atoms with Crippen molar-refractivity contribution in [1.82, 2.24) is 30.6 Å². The molecule has 10 nitrogen and oxygen atoms in total. The van der Waals surface area contributed by atoms with Crippen molar-refractivity contribution >= 4 is 79.6 Å². The zero-order chi connectivity index (χ0) is 20.6. The molecular formula is C14H16N8O2S5. The van der Waals surface area contributed by atoms with Crippen LogP contribution in [0.3, 0.4) is 0 Å². The van der Waals surface area contributed by atoms with Crippen molar-refractivity contribution in [3.8, 4) is 0 Å². The Morgan fingerprint density at radius 2 is 1.17 bits per heavy atom. The van der Waals surface area contributed by atoms with Crippen molar-refractivity contribution in [3.05, 3.63) is 10.0 Å². The van der Waals surface area contributed by atoms with Crippen LogP contribution in [0.1, 0.15) is 23.9 Å². The van der Waals surface area contributed by atoms with E-state index in [2.05, 4.69) is 41.2 Å². The Balaban J connectivity index is 1.39. The number of amides is 2. The second-order valence-electron chi connectivity index (χ2n) is 5.22. The van der Waals surface area contributed by atoms with Crippen molar-refractivity contribution in [2.75, 3.05) is 22.1 Å². The number of nitrogens with one attached hydrogen (secondary N) is 2. The van der Waals surface area contributed by atoms with E-state index in [-0.39, 0.29) is 23.3 Å². The van der Waals surface area contributed by atoms with Gasteiger partial charge in [0.05, 0.1) is 11.5 Å². The maximum atomic E-state index is 12.0. The lowest BCUT2D eigenvalue weighted by Crippen LogP contribution is -2.13. The van der Waals surface area contributed by atoms with Crippen LogP contribution >= 0.6 is 57.5 Å². The van der Waals surface area contributed by atoms with Gasteiger partial charge in [-0.05, 0) is 12.8 Å². The minimum atomic E-state index is -0.180. The molecule has 15 heteroatoms. The standard InChI is InChI=1S/C14H16N8O2S5/c1-3-9-17-19-11(27-9)15-7(23)5-25-13-21-22-14(29-13)26-6-8(24)16-12-20-18-10(4-2)28-12/h3-6H2,1-2H3,(H,15,19,23)(H,16,20,24). The molecule has 0 saturated carbocycles. The van der Waals surface area contributed by atoms with Gasteiger partial charge in [0, 0.05) is 0 Å². The number of rotatable bonds is 10. The molecule has 0 radical (unpaired) electrons. The number of nitrogens with zero attached hydrogens (tertiary/aromatic N) is 6. The van der Waals surface area contributed by atoms with E-state index in [1.165, 1.54) is 57.5 Å². The number of hydrogen-bond donors (Lipinski definition) is 2. The van der Waals surface area contributed by atoms with Gasteiger partial charge >= 0.3 is 0 Å². The third kappa shape index (κ3) is 6.95. The molecule has 154 valence electrons. The molecule has 29 heavy (non-hydrogen) atoms. The molecule has 0 unspecified atom stereocenters. The smallest absolute Gasteiger partial charge is 0.236 e. The average Bonchev–Trinajstić information content (AvgIpc) is 3.45. The Morgan fingerprint density at radius 1 is 0.724 bits per heavy atom. The first-order valence-corrected chi connectivity index (χ1v) is 12.8. The summed E-state index contributed by atoms with van der Waals surface area (Å²) >= 11 is 6.63. The second-order valence-corrected chi connectivity index (χ2v) is 10.8. The highest BCUT2D eigenvalue weighted by Gasteiger charge is 2.13. The van der Waals surface area contributed by atoms with Crippen LogP contribution in [0.4, 0.5) is 10.3 Å². The summed E-state index contributed by atoms with van der Waals surface area (Å²) in [6, 6.07) is 0. The largest absolute Gasteiger partial charge is 0.300 e. The third-order valence-corrected chi connectivity index (χ3v) is 8.23. The number of anilines is 2. The van der Waals surface area contributed by atoms with Crippen LogP contribution < -0.4 is 10.6 Å². The Bertz CT molecular complexity index is 896. The maximum absolute atomic E-state index is 12.0. The fourth-order valence-corrected chi connectivity index (χ4v) is 5.78. The number of aryl methyl sites for hydroxylation is 2. The Hall–Kier alpha value is -1.68. The minimum absolute atomic E-state index is 0.180. The fraction of sp³-hybridized carbons (Fsp3) is 0.429. The van der Waals surface area contributed by atoms with Gasteiger partial charge in [0.25, 0.3) is 0 Å². The summed E-state index contributed by atoms with van der Waals surface area (Å²) in [4.78, 5) is 24.0. The van der Waals surface area contributed by atoms with E-state index in [9.17, 15) is 9.59 Å². The monoisotopic (exact) mass is 488 g/mol. The van der Waals surface area contributed by atoms with Gasteiger partial charge in [-0.1, -0.05) is 71.4 Å². The van der Waals surface area contributed by atoms with Crippen molar-refractivity contribution < 1.29 is 9.59 Å². The predicted octanol–water partition coefficient (Wildman–Crippen LogP) is 2.83. The van der Waals surface area contributed by atoms with Crippen LogP contribution in [0.25, 0.3) is 0 Å².